The lowest BCUT2D eigenvalue weighted by molar-refractivity contribution is -0.113. The molecule has 15 heavy (non-hydrogen) atoms. The Bertz CT molecular complexity index is 171. The van der Waals surface area contributed by atoms with Crippen LogP contribution in [-0.2, 0) is 9.47 Å². The van der Waals surface area contributed by atoms with E-state index in [1.54, 1.807) is 7.11 Å². The van der Waals surface area contributed by atoms with Gasteiger partial charge in [-0.2, -0.15) is 0 Å². The summed E-state index contributed by atoms with van der Waals surface area (Å²) < 4.78 is 10.5. The van der Waals surface area contributed by atoms with Crippen molar-refractivity contribution < 1.29 is 9.47 Å². The first kappa shape index (κ1) is 14.7. The van der Waals surface area contributed by atoms with Gasteiger partial charge < -0.3 is 9.47 Å². The van der Waals surface area contributed by atoms with Gasteiger partial charge in [-0.25, -0.2) is 0 Å². The van der Waals surface area contributed by atoms with E-state index in [0.717, 1.165) is 18.9 Å². The molecule has 0 rings (SSSR count). The summed E-state index contributed by atoms with van der Waals surface area (Å²) in [5.41, 5.74) is 1.41. The summed E-state index contributed by atoms with van der Waals surface area (Å²) in [4.78, 5) is 0. The van der Waals surface area contributed by atoms with Crippen molar-refractivity contribution in [2.75, 3.05) is 13.7 Å². The lowest BCUT2D eigenvalue weighted by Gasteiger charge is -2.14. The molecule has 2 heteroatoms. The highest BCUT2D eigenvalue weighted by Gasteiger charge is 2.03. The van der Waals surface area contributed by atoms with Crippen LogP contribution in [0.4, 0.5) is 0 Å². The number of rotatable bonds is 8. The molecule has 0 bridgehead atoms. The van der Waals surface area contributed by atoms with Gasteiger partial charge in [0, 0.05) is 13.7 Å². The molecule has 0 aromatic heterocycles. The maximum atomic E-state index is 5.45. The second-order valence-electron chi connectivity index (χ2n) is 4.43. The molecule has 0 unspecified atom stereocenters. The van der Waals surface area contributed by atoms with Crippen molar-refractivity contribution in [2.24, 2.45) is 5.92 Å². The maximum absolute atomic E-state index is 5.45. The standard InChI is InChI=1S/C13H26O2/c1-11(2)7-6-8-12(3)9-10-15-13(4)14-5/h7,12-13H,6,8-10H2,1-5H3/t12-,13+/m1/s1. The fourth-order valence-electron chi connectivity index (χ4n) is 1.30. The number of ether oxygens (including phenoxy) is 2. The van der Waals surface area contributed by atoms with Crippen LogP contribution in [0.2, 0.25) is 0 Å². The molecule has 0 saturated carbocycles. The van der Waals surface area contributed by atoms with E-state index in [0.29, 0.717) is 0 Å². The third-order valence-corrected chi connectivity index (χ3v) is 2.51. The Labute approximate surface area is 94.7 Å². The summed E-state index contributed by atoms with van der Waals surface area (Å²) >= 11 is 0. The molecule has 0 aliphatic rings. The largest absolute Gasteiger partial charge is 0.356 e. The molecule has 0 radical (unpaired) electrons. The minimum atomic E-state index is -0.0741. The van der Waals surface area contributed by atoms with Crippen molar-refractivity contribution in [3.63, 3.8) is 0 Å². The molecule has 0 N–H and O–H groups in total. The molecule has 0 spiro atoms. The second-order valence-corrected chi connectivity index (χ2v) is 4.43. The lowest BCUT2D eigenvalue weighted by Crippen LogP contribution is -2.12. The van der Waals surface area contributed by atoms with Crippen LogP contribution in [-0.4, -0.2) is 20.0 Å². The molecule has 0 amide bonds. The van der Waals surface area contributed by atoms with Crippen molar-refractivity contribution in [1.82, 2.24) is 0 Å². The molecule has 0 aromatic carbocycles. The third kappa shape index (κ3) is 9.95. The third-order valence-electron chi connectivity index (χ3n) is 2.51. The van der Waals surface area contributed by atoms with Gasteiger partial charge in [0.1, 0.15) is 0 Å². The van der Waals surface area contributed by atoms with Crippen molar-refractivity contribution in [2.45, 2.75) is 53.2 Å². The molecule has 0 fully saturated rings. The normalized spacial score (nSPS) is 14.7. The van der Waals surface area contributed by atoms with Crippen LogP contribution < -0.4 is 0 Å². The Hall–Kier alpha value is -0.340. The Morgan fingerprint density at radius 3 is 2.40 bits per heavy atom. The summed E-state index contributed by atoms with van der Waals surface area (Å²) in [6.07, 6.45) is 5.77. The van der Waals surface area contributed by atoms with E-state index < -0.39 is 0 Å². The Morgan fingerprint density at radius 1 is 1.20 bits per heavy atom. The highest BCUT2D eigenvalue weighted by Crippen LogP contribution is 2.12. The smallest absolute Gasteiger partial charge is 0.154 e. The van der Waals surface area contributed by atoms with Crippen LogP contribution in [0, 0.1) is 5.92 Å². The zero-order valence-corrected chi connectivity index (χ0v) is 10.9. The van der Waals surface area contributed by atoms with Crippen LogP contribution in [0.15, 0.2) is 11.6 Å². The average Bonchev–Trinajstić information content (AvgIpc) is 2.17. The van der Waals surface area contributed by atoms with E-state index in [-0.39, 0.29) is 6.29 Å². The first-order chi connectivity index (χ1) is 7.06. The minimum absolute atomic E-state index is 0.0741. The van der Waals surface area contributed by atoms with Crippen LogP contribution in [0.25, 0.3) is 0 Å². The molecular formula is C13H26O2. The summed E-state index contributed by atoms with van der Waals surface area (Å²) in [6.45, 7) is 9.29. The molecule has 0 heterocycles. The minimum Gasteiger partial charge on any atom is -0.356 e. The van der Waals surface area contributed by atoms with E-state index in [1.807, 2.05) is 6.92 Å². The number of methoxy groups -OCH3 is 1. The summed E-state index contributed by atoms with van der Waals surface area (Å²) in [7, 11) is 1.67. The lowest BCUT2D eigenvalue weighted by atomic mass is 10.0. The van der Waals surface area contributed by atoms with Gasteiger partial charge >= 0.3 is 0 Å². The monoisotopic (exact) mass is 214 g/mol. The fourth-order valence-corrected chi connectivity index (χ4v) is 1.30. The summed E-state index contributed by atoms with van der Waals surface area (Å²) in [5.74, 6) is 0.727. The highest BCUT2D eigenvalue weighted by atomic mass is 16.7. The van der Waals surface area contributed by atoms with Crippen molar-refractivity contribution in [3.05, 3.63) is 11.6 Å². The van der Waals surface area contributed by atoms with E-state index in [1.165, 1.54) is 18.4 Å². The first-order valence-corrected chi connectivity index (χ1v) is 5.84. The Morgan fingerprint density at radius 2 is 1.87 bits per heavy atom. The van der Waals surface area contributed by atoms with Crippen LogP contribution in [0.5, 0.6) is 0 Å². The van der Waals surface area contributed by atoms with Crippen molar-refractivity contribution in [3.8, 4) is 0 Å². The molecule has 0 aromatic rings. The fraction of sp³-hybridized carbons (Fsp3) is 0.846. The molecule has 0 saturated heterocycles. The van der Waals surface area contributed by atoms with Gasteiger partial charge in [-0.3, -0.25) is 0 Å². The Kier molecular flexibility index (Phi) is 8.73. The van der Waals surface area contributed by atoms with Gasteiger partial charge in [-0.05, 0) is 46.0 Å². The van der Waals surface area contributed by atoms with Gasteiger partial charge in [-0.1, -0.05) is 18.6 Å². The van der Waals surface area contributed by atoms with Crippen LogP contribution in [0.1, 0.15) is 47.0 Å². The van der Waals surface area contributed by atoms with E-state index >= 15 is 0 Å². The van der Waals surface area contributed by atoms with Gasteiger partial charge in [0.2, 0.25) is 0 Å². The predicted octanol–water partition coefficient (Wildman–Crippen LogP) is 3.77. The summed E-state index contributed by atoms with van der Waals surface area (Å²) in [5, 5.41) is 0. The van der Waals surface area contributed by atoms with Crippen LogP contribution >= 0.6 is 0 Å². The highest BCUT2D eigenvalue weighted by molar-refractivity contribution is 4.92. The maximum Gasteiger partial charge on any atom is 0.154 e. The van der Waals surface area contributed by atoms with Gasteiger partial charge in [0.15, 0.2) is 6.29 Å². The second kappa shape index (κ2) is 8.93. The van der Waals surface area contributed by atoms with Gasteiger partial charge in [0.05, 0.1) is 0 Å². The number of hydrogen-bond acceptors (Lipinski definition) is 2. The summed E-state index contributed by atoms with van der Waals surface area (Å²) in [6, 6.07) is 0. The first-order valence-electron chi connectivity index (χ1n) is 5.84. The van der Waals surface area contributed by atoms with Crippen molar-refractivity contribution >= 4 is 0 Å². The van der Waals surface area contributed by atoms with E-state index in [4.69, 9.17) is 9.47 Å². The zero-order valence-electron chi connectivity index (χ0n) is 10.9. The van der Waals surface area contributed by atoms with Crippen molar-refractivity contribution in [1.29, 1.82) is 0 Å². The Balaban J connectivity index is 3.41. The van der Waals surface area contributed by atoms with Crippen LogP contribution in [0.3, 0.4) is 0 Å². The molecule has 0 aliphatic carbocycles. The van der Waals surface area contributed by atoms with Gasteiger partial charge in [-0.15, -0.1) is 0 Å². The predicted molar refractivity (Wildman–Crippen MR) is 64.9 cm³/mol. The molecule has 2 atom stereocenters. The topological polar surface area (TPSA) is 18.5 Å². The molecule has 2 nitrogen and oxygen atoms in total. The zero-order chi connectivity index (χ0) is 11.7. The SMILES string of the molecule is CO[C@H](C)OCC[C@H](C)CCC=C(C)C. The average molecular weight is 214 g/mol. The number of allylic oxidation sites excluding steroid dienone is 2. The number of hydrogen-bond donors (Lipinski definition) is 0. The van der Waals surface area contributed by atoms with Gasteiger partial charge in [0.25, 0.3) is 0 Å². The quantitative estimate of drug-likeness (QED) is 0.452. The molecule has 90 valence electrons. The van der Waals surface area contributed by atoms with E-state index in [9.17, 15) is 0 Å². The molecule has 0 aliphatic heterocycles. The van der Waals surface area contributed by atoms with E-state index in [2.05, 4.69) is 26.8 Å². The molecular weight excluding hydrogens is 188 g/mol.